The Bertz CT molecular complexity index is 188. The number of hydrogen-bond donors (Lipinski definition) is 0. The van der Waals surface area contributed by atoms with Gasteiger partial charge in [-0.3, -0.25) is 0 Å². The second kappa shape index (κ2) is 6.07. The number of rotatable bonds is 8. The van der Waals surface area contributed by atoms with Crippen molar-refractivity contribution >= 4 is 0 Å². The molecule has 2 aliphatic carbocycles. The molecule has 0 nitrogen and oxygen atoms in total. The third kappa shape index (κ3) is 3.50. The second-order valence-corrected chi connectivity index (χ2v) is 6.25. The molecule has 0 N–H and O–H groups in total. The molecule has 2 aliphatic rings. The summed E-state index contributed by atoms with van der Waals surface area (Å²) in [5.74, 6) is 5.13. The van der Waals surface area contributed by atoms with E-state index in [2.05, 4.69) is 13.8 Å². The number of unbranched alkanes of at least 4 members (excludes halogenated alkanes) is 1. The highest BCUT2D eigenvalue weighted by Crippen LogP contribution is 2.49. The normalized spacial score (nSPS) is 23.4. The van der Waals surface area contributed by atoms with Crippen molar-refractivity contribution in [3.05, 3.63) is 5.92 Å². The molecule has 16 heavy (non-hydrogen) atoms. The molecule has 1 atom stereocenters. The van der Waals surface area contributed by atoms with E-state index in [1.54, 1.807) is 38.0 Å². The van der Waals surface area contributed by atoms with Crippen LogP contribution in [-0.2, 0) is 0 Å². The molecule has 2 saturated carbocycles. The Morgan fingerprint density at radius 3 is 2.25 bits per heavy atom. The predicted molar refractivity (Wildman–Crippen MR) is 71.2 cm³/mol. The summed E-state index contributed by atoms with van der Waals surface area (Å²) in [4.78, 5) is 0. The van der Waals surface area contributed by atoms with Gasteiger partial charge >= 0.3 is 0 Å². The van der Waals surface area contributed by atoms with E-state index in [1.807, 2.05) is 0 Å². The lowest BCUT2D eigenvalue weighted by atomic mass is 9.72. The Hall–Kier alpha value is 0. The fourth-order valence-corrected chi connectivity index (χ4v) is 3.23. The predicted octanol–water partition coefficient (Wildman–Crippen LogP) is 5.38. The molecule has 0 amide bonds. The summed E-state index contributed by atoms with van der Waals surface area (Å²) in [5, 5.41) is 0. The zero-order valence-electron chi connectivity index (χ0n) is 11.3. The molecule has 0 heterocycles. The SMILES string of the molecule is CC[C](C)CCCCC(C1CCC1)C1CC1. The molecule has 1 unspecified atom stereocenters. The average Bonchev–Trinajstić information content (AvgIpc) is 3.02. The minimum absolute atomic E-state index is 1.13. The van der Waals surface area contributed by atoms with Crippen molar-refractivity contribution in [1.29, 1.82) is 0 Å². The molecule has 93 valence electrons. The van der Waals surface area contributed by atoms with Gasteiger partial charge in [-0.05, 0) is 49.4 Å². The maximum absolute atomic E-state index is 2.32. The van der Waals surface area contributed by atoms with Crippen LogP contribution in [0.4, 0.5) is 0 Å². The Kier molecular flexibility index (Phi) is 4.73. The van der Waals surface area contributed by atoms with Crippen molar-refractivity contribution in [2.24, 2.45) is 17.8 Å². The highest BCUT2D eigenvalue weighted by molar-refractivity contribution is 4.89. The van der Waals surface area contributed by atoms with Gasteiger partial charge in [-0.1, -0.05) is 52.4 Å². The van der Waals surface area contributed by atoms with Gasteiger partial charge < -0.3 is 0 Å². The van der Waals surface area contributed by atoms with Gasteiger partial charge in [0.2, 0.25) is 0 Å². The zero-order valence-corrected chi connectivity index (χ0v) is 11.3. The summed E-state index contributed by atoms with van der Waals surface area (Å²) in [6.07, 6.45) is 14.9. The van der Waals surface area contributed by atoms with E-state index >= 15 is 0 Å². The summed E-state index contributed by atoms with van der Waals surface area (Å²) in [6, 6.07) is 0. The average molecular weight is 221 g/mol. The molecule has 2 rings (SSSR count). The first-order valence-corrected chi connectivity index (χ1v) is 7.62. The molecular weight excluding hydrogens is 192 g/mol. The molecule has 0 saturated heterocycles. The Morgan fingerprint density at radius 1 is 1.06 bits per heavy atom. The first kappa shape index (κ1) is 12.5. The summed E-state index contributed by atoms with van der Waals surface area (Å²) < 4.78 is 0. The van der Waals surface area contributed by atoms with E-state index in [9.17, 15) is 0 Å². The van der Waals surface area contributed by atoms with Gasteiger partial charge in [0.15, 0.2) is 0 Å². The summed E-state index contributed by atoms with van der Waals surface area (Å²) >= 11 is 0. The first-order valence-electron chi connectivity index (χ1n) is 7.62. The third-order valence-electron chi connectivity index (χ3n) is 4.98. The standard InChI is InChI=1S/C16H29/c1-3-13(2)7-4-5-10-16(15-11-12-15)14-8-6-9-14/h14-16H,3-12H2,1-2H3. The van der Waals surface area contributed by atoms with Crippen LogP contribution in [0.25, 0.3) is 0 Å². The van der Waals surface area contributed by atoms with Gasteiger partial charge in [-0.15, -0.1) is 0 Å². The largest absolute Gasteiger partial charge is 0.0648 e. The first-order chi connectivity index (χ1) is 7.81. The minimum Gasteiger partial charge on any atom is -0.0648 e. The van der Waals surface area contributed by atoms with Crippen LogP contribution < -0.4 is 0 Å². The smallest absolute Gasteiger partial charge is 0.0275 e. The van der Waals surface area contributed by atoms with E-state index in [-0.39, 0.29) is 0 Å². The maximum atomic E-state index is 2.32. The van der Waals surface area contributed by atoms with Crippen LogP contribution in [0.5, 0.6) is 0 Å². The summed E-state index contributed by atoms with van der Waals surface area (Å²) in [7, 11) is 0. The van der Waals surface area contributed by atoms with Gasteiger partial charge in [0, 0.05) is 0 Å². The fourth-order valence-electron chi connectivity index (χ4n) is 3.23. The van der Waals surface area contributed by atoms with Crippen molar-refractivity contribution in [3.63, 3.8) is 0 Å². The van der Waals surface area contributed by atoms with E-state index < -0.39 is 0 Å². The molecular formula is C16H29. The van der Waals surface area contributed by atoms with E-state index in [4.69, 9.17) is 0 Å². The molecule has 0 spiro atoms. The zero-order chi connectivity index (χ0) is 11.4. The van der Waals surface area contributed by atoms with Gasteiger partial charge in [-0.2, -0.15) is 0 Å². The van der Waals surface area contributed by atoms with E-state index in [0.717, 1.165) is 17.8 Å². The highest BCUT2D eigenvalue weighted by atomic mass is 14.4. The Morgan fingerprint density at radius 2 is 1.75 bits per heavy atom. The second-order valence-electron chi connectivity index (χ2n) is 6.25. The molecule has 2 fully saturated rings. The Balaban J connectivity index is 1.59. The molecule has 0 aromatic rings. The monoisotopic (exact) mass is 221 g/mol. The quantitative estimate of drug-likeness (QED) is 0.483. The molecule has 0 aliphatic heterocycles. The van der Waals surface area contributed by atoms with Gasteiger partial charge in [0.05, 0.1) is 0 Å². The molecule has 0 bridgehead atoms. The van der Waals surface area contributed by atoms with Crippen LogP contribution in [-0.4, -0.2) is 0 Å². The highest BCUT2D eigenvalue weighted by Gasteiger charge is 2.37. The van der Waals surface area contributed by atoms with Gasteiger partial charge in [-0.25, -0.2) is 0 Å². The molecule has 1 radical (unpaired) electrons. The van der Waals surface area contributed by atoms with Crippen molar-refractivity contribution in [2.45, 2.75) is 78.1 Å². The molecule has 0 aromatic carbocycles. The lowest BCUT2D eigenvalue weighted by Gasteiger charge is -2.34. The van der Waals surface area contributed by atoms with Crippen LogP contribution >= 0.6 is 0 Å². The van der Waals surface area contributed by atoms with Crippen LogP contribution in [0.2, 0.25) is 0 Å². The fraction of sp³-hybridized carbons (Fsp3) is 0.938. The number of hydrogen-bond acceptors (Lipinski definition) is 0. The third-order valence-corrected chi connectivity index (χ3v) is 4.98. The Labute approximate surface area is 102 Å². The van der Waals surface area contributed by atoms with Crippen molar-refractivity contribution in [3.8, 4) is 0 Å². The molecule has 0 heteroatoms. The molecule has 0 aromatic heterocycles. The van der Waals surface area contributed by atoms with Crippen LogP contribution in [0.15, 0.2) is 0 Å². The van der Waals surface area contributed by atoms with Crippen molar-refractivity contribution in [1.82, 2.24) is 0 Å². The van der Waals surface area contributed by atoms with Crippen LogP contribution in [0.3, 0.4) is 0 Å². The van der Waals surface area contributed by atoms with Gasteiger partial charge in [0.25, 0.3) is 0 Å². The van der Waals surface area contributed by atoms with Crippen molar-refractivity contribution < 1.29 is 0 Å². The topological polar surface area (TPSA) is 0 Å². The lowest BCUT2D eigenvalue weighted by molar-refractivity contribution is 0.170. The van der Waals surface area contributed by atoms with E-state index in [1.165, 1.54) is 32.1 Å². The van der Waals surface area contributed by atoms with Gasteiger partial charge in [0.1, 0.15) is 0 Å². The minimum atomic E-state index is 1.13. The van der Waals surface area contributed by atoms with E-state index in [0.29, 0.717) is 0 Å². The lowest BCUT2D eigenvalue weighted by Crippen LogP contribution is -2.23. The summed E-state index contributed by atoms with van der Waals surface area (Å²) in [6.45, 7) is 4.61. The maximum Gasteiger partial charge on any atom is -0.0275 e. The van der Waals surface area contributed by atoms with Crippen molar-refractivity contribution in [2.75, 3.05) is 0 Å². The summed E-state index contributed by atoms with van der Waals surface area (Å²) in [5.41, 5.74) is 0. The van der Waals surface area contributed by atoms with Crippen LogP contribution in [0, 0.1) is 23.7 Å². The van der Waals surface area contributed by atoms with Crippen LogP contribution in [0.1, 0.15) is 78.1 Å².